The molecule has 3 aliphatic rings. The molecule has 3 fully saturated rings. The van der Waals surface area contributed by atoms with Gasteiger partial charge in [0, 0.05) is 37.0 Å². The molecule has 0 aromatic heterocycles. The quantitative estimate of drug-likeness (QED) is 0.0695. The Labute approximate surface area is 295 Å². The lowest BCUT2D eigenvalue weighted by atomic mass is 9.83. The average Bonchev–Trinajstić information content (AvgIpc) is 3.09. The van der Waals surface area contributed by atoms with E-state index in [1.165, 1.54) is 20.8 Å². The van der Waals surface area contributed by atoms with Gasteiger partial charge in [0.25, 0.3) is 17.4 Å². The van der Waals surface area contributed by atoms with Crippen molar-refractivity contribution in [2.24, 2.45) is 17.8 Å². The second kappa shape index (κ2) is 17.1. The van der Waals surface area contributed by atoms with Crippen molar-refractivity contribution in [3.63, 3.8) is 0 Å². The normalized spacial score (nSPS) is 42.0. The van der Waals surface area contributed by atoms with Crippen LogP contribution < -0.4 is 0 Å². The molecule has 302 valence electrons. The molecule has 22 heteroatoms. The molecular formula is C30H50O22. The highest BCUT2D eigenvalue weighted by Crippen LogP contribution is 2.42. The molecule has 0 aromatic rings. The van der Waals surface area contributed by atoms with Gasteiger partial charge in [0.2, 0.25) is 0 Å². The molecule has 0 amide bonds. The Bertz CT molecular complexity index is 1240. The summed E-state index contributed by atoms with van der Waals surface area (Å²) < 4.78 is 27.4. The van der Waals surface area contributed by atoms with Gasteiger partial charge in [-0.15, -0.1) is 0 Å². The molecule has 0 radical (unpaired) electrons. The zero-order valence-corrected chi connectivity index (χ0v) is 28.4. The number of carboxylic acids is 3. The van der Waals surface area contributed by atoms with Gasteiger partial charge in [-0.05, 0) is 0 Å². The molecule has 52 heavy (non-hydrogen) atoms. The number of aliphatic carboxylic acids is 3. The van der Waals surface area contributed by atoms with E-state index in [2.05, 4.69) is 0 Å². The number of carboxylic acid groups (broad SMARTS) is 3. The van der Waals surface area contributed by atoms with Crippen LogP contribution in [0.4, 0.5) is 0 Å². The minimum absolute atomic E-state index is 0.810. The molecule has 22 nitrogen and oxygen atoms in total. The first-order valence-electron chi connectivity index (χ1n) is 16.5. The van der Waals surface area contributed by atoms with Crippen molar-refractivity contribution in [3.05, 3.63) is 0 Å². The van der Waals surface area contributed by atoms with Crippen LogP contribution in [-0.2, 0) is 38.1 Å². The van der Waals surface area contributed by atoms with E-state index in [0.29, 0.717) is 0 Å². The number of ether oxygens (including phenoxy) is 5. The number of aliphatic hydroxyl groups excluding tert-OH is 10. The highest BCUT2D eigenvalue weighted by Gasteiger charge is 2.60. The van der Waals surface area contributed by atoms with Crippen molar-refractivity contribution in [2.75, 3.05) is 19.8 Å². The van der Waals surface area contributed by atoms with Crippen LogP contribution in [0.25, 0.3) is 0 Å². The Morgan fingerprint density at radius 3 is 1.27 bits per heavy atom. The van der Waals surface area contributed by atoms with E-state index >= 15 is 0 Å². The monoisotopic (exact) mass is 762 g/mol. The van der Waals surface area contributed by atoms with Crippen LogP contribution >= 0.6 is 0 Å². The third-order valence-corrected chi connectivity index (χ3v) is 10.2. The average molecular weight is 763 g/mol. The summed E-state index contributed by atoms with van der Waals surface area (Å²) in [6.45, 7) is 0.465. The minimum atomic E-state index is -3.04. The fraction of sp³-hybridized carbons (Fsp3) is 0.900. The zero-order valence-electron chi connectivity index (χ0n) is 28.4. The van der Waals surface area contributed by atoms with Crippen LogP contribution in [0.2, 0.25) is 0 Å². The second-order valence-corrected chi connectivity index (χ2v) is 13.7. The Morgan fingerprint density at radius 1 is 0.596 bits per heavy atom. The fourth-order valence-electron chi connectivity index (χ4n) is 6.66. The smallest absolute Gasteiger partial charge is 0.364 e. The lowest BCUT2D eigenvalue weighted by molar-refractivity contribution is -0.362. The van der Waals surface area contributed by atoms with Gasteiger partial charge >= 0.3 is 17.9 Å². The van der Waals surface area contributed by atoms with Crippen molar-refractivity contribution in [2.45, 2.75) is 131 Å². The van der Waals surface area contributed by atoms with Gasteiger partial charge in [0.05, 0.1) is 56.4 Å². The lowest BCUT2D eigenvalue weighted by Gasteiger charge is -2.49. The minimum Gasteiger partial charge on any atom is -0.477 e. The molecular weight excluding hydrogens is 712 g/mol. The molecule has 3 heterocycles. The number of aliphatic hydroxyl groups is 11. The lowest BCUT2D eigenvalue weighted by Crippen LogP contribution is -2.66. The van der Waals surface area contributed by atoms with Gasteiger partial charge < -0.3 is 95.2 Å². The number of carbonyl (C=O) groups is 3. The maximum absolute atomic E-state index is 12.7. The molecule has 0 saturated carbocycles. The van der Waals surface area contributed by atoms with Crippen molar-refractivity contribution in [1.82, 2.24) is 0 Å². The fourth-order valence-corrected chi connectivity index (χ4v) is 6.66. The van der Waals surface area contributed by atoms with E-state index in [1.807, 2.05) is 0 Å². The molecule has 3 saturated heterocycles. The Balaban J connectivity index is 1.94. The number of rotatable bonds is 16. The first kappa shape index (κ1) is 44.2. The Kier molecular flexibility index (Phi) is 14.5. The summed E-state index contributed by atoms with van der Waals surface area (Å²) in [7, 11) is 0. The van der Waals surface area contributed by atoms with Crippen LogP contribution in [-0.4, -0.2) is 200 Å². The third kappa shape index (κ3) is 8.67. The summed E-state index contributed by atoms with van der Waals surface area (Å²) >= 11 is 0. The summed E-state index contributed by atoms with van der Waals surface area (Å²) in [5.41, 5.74) is 0. The molecule has 3 rings (SSSR count). The van der Waals surface area contributed by atoms with Crippen LogP contribution in [0.5, 0.6) is 0 Å². The first-order valence-corrected chi connectivity index (χ1v) is 16.5. The first-order chi connectivity index (χ1) is 24.0. The molecule has 3 aliphatic heterocycles. The SMILES string of the molecule is C[C@H]1C([C@H](O)C(CO)O[C@]2(C(=O)O)C[C@H](O)[C@@H](C)C([C@H](O)[C@H](O)CO)O2)O[C@@](O[C@H](CO)[C@@H](O)C2O[C@@](O)(C(=O)O)C[C@H](O)[C@H]2C)(C(=O)O)C[C@@H]1O. The van der Waals surface area contributed by atoms with Gasteiger partial charge in [-0.1, -0.05) is 20.8 Å². The molecule has 0 aliphatic carbocycles. The van der Waals surface area contributed by atoms with Crippen molar-refractivity contribution < 1.29 is 110 Å². The van der Waals surface area contributed by atoms with E-state index in [-0.39, 0.29) is 0 Å². The Morgan fingerprint density at radius 2 is 0.942 bits per heavy atom. The van der Waals surface area contributed by atoms with Crippen LogP contribution in [0.15, 0.2) is 0 Å². The van der Waals surface area contributed by atoms with E-state index in [4.69, 9.17) is 23.7 Å². The van der Waals surface area contributed by atoms with E-state index in [1.54, 1.807) is 0 Å². The van der Waals surface area contributed by atoms with Crippen molar-refractivity contribution >= 4 is 17.9 Å². The molecule has 0 spiro atoms. The topological polar surface area (TPSA) is 381 Å². The third-order valence-electron chi connectivity index (χ3n) is 10.2. The van der Waals surface area contributed by atoms with Crippen LogP contribution in [0.1, 0.15) is 40.0 Å². The number of hydrogen-bond donors (Lipinski definition) is 14. The van der Waals surface area contributed by atoms with Crippen molar-refractivity contribution in [3.8, 4) is 0 Å². The van der Waals surface area contributed by atoms with Crippen molar-refractivity contribution in [1.29, 1.82) is 0 Å². The van der Waals surface area contributed by atoms with E-state index in [9.17, 15) is 85.9 Å². The highest BCUT2D eigenvalue weighted by molar-refractivity contribution is 5.77. The maximum Gasteiger partial charge on any atom is 0.364 e. The largest absolute Gasteiger partial charge is 0.477 e. The molecule has 0 aromatic carbocycles. The van der Waals surface area contributed by atoms with Crippen LogP contribution in [0.3, 0.4) is 0 Å². The van der Waals surface area contributed by atoms with Gasteiger partial charge in [-0.2, -0.15) is 0 Å². The van der Waals surface area contributed by atoms with E-state index in [0.717, 1.165) is 0 Å². The van der Waals surface area contributed by atoms with Gasteiger partial charge in [0.1, 0.15) is 36.6 Å². The van der Waals surface area contributed by atoms with Gasteiger partial charge in [-0.3, -0.25) is 0 Å². The van der Waals surface area contributed by atoms with E-state index < -0.39 is 165 Å². The zero-order chi connectivity index (χ0) is 39.7. The summed E-state index contributed by atoms with van der Waals surface area (Å²) in [5.74, 6) is -18.2. The molecule has 0 bridgehead atoms. The predicted molar refractivity (Wildman–Crippen MR) is 162 cm³/mol. The molecule has 4 unspecified atom stereocenters. The van der Waals surface area contributed by atoms with Crippen LogP contribution in [0, 0.1) is 17.8 Å². The number of hydrogen-bond acceptors (Lipinski definition) is 19. The second-order valence-electron chi connectivity index (χ2n) is 13.7. The maximum atomic E-state index is 12.7. The van der Waals surface area contributed by atoms with Gasteiger partial charge in [0.15, 0.2) is 0 Å². The summed E-state index contributed by atoms with van der Waals surface area (Å²) in [6.07, 6.45) is -25.3. The highest BCUT2D eigenvalue weighted by atomic mass is 16.8. The summed E-state index contributed by atoms with van der Waals surface area (Å²) in [5, 5.41) is 145. The molecule has 14 N–H and O–H groups in total. The molecule has 18 atom stereocenters. The standard InChI is InChI=1S/C30H50O22/c1-10-13(34)4-28(47,25(41)42)50-23(10)20(39)17(8-32)48-30(27(45)46)6-15(36)12(3)24(52-30)21(40)18(9-33)49-29(26(43)44)5-14(35)11(2)22(51-29)19(38)16(37)7-31/h10-24,31-40,47H,4-9H2,1-3H3,(H,41,42)(H,43,44)(H,45,46)/t10-,11-,12-,13+,14+,15+,16-,17-,18?,19-,20-,21-,22?,23?,24?,28-,29-,30-/m1/s1. The predicted octanol–water partition coefficient (Wildman–Crippen LogP) is -6.13. The Hall–Kier alpha value is -2.23. The summed E-state index contributed by atoms with van der Waals surface area (Å²) in [4.78, 5) is 36.9. The summed E-state index contributed by atoms with van der Waals surface area (Å²) in [6, 6.07) is 0. The van der Waals surface area contributed by atoms with Gasteiger partial charge in [-0.25, -0.2) is 14.4 Å².